The third-order valence-electron chi connectivity index (χ3n) is 2.82. The number of methoxy groups -OCH3 is 1. The van der Waals surface area contributed by atoms with Crippen molar-refractivity contribution in [3.05, 3.63) is 41.5 Å². The van der Waals surface area contributed by atoms with E-state index in [2.05, 4.69) is 25.8 Å². The highest BCUT2D eigenvalue weighted by molar-refractivity contribution is 14.0. The Morgan fingerprint density at radius 3 is 2.45 bits per heavy atom. The minimum absolute atomic E-state index is 0. The molecule has 8 heteroatoms. The number of rotatable bonds is 5. The third-order valence-corrected chi connectivity index (χ3v) is 2.82. The zero-order valence-electron chi connectivity index (χ0n) is 12.8. The lowest BCUT2D eigenvalue weighted by Crippen LogP contribution is -2.36. The lowest BCUT2D eigenvalue weighted by atomic mass is 10.2. The molecule has 2 N–H and O–H groups in total. The number of benzene rings is 1. The fraction of sp³-hybridized carbons (Fsp3) is 0.357. The van der Waals surface area contributed by atoms with E-state index in [0.29, 0.717) is 30.8 Å². The monoisotopic (exact) mass is 417 g/mol. The summed E-state index contributed by atoms with van der Waals surface area (Å²) in [4.78, 5) is 8.26. The van der Waals surface area contributed by atoms with Crippen molar-refractivity contribution in [3.8, 4) is 5.75 Å². The first-order valence-corrected chi connectivity index (χ1v) is 6.58. The normalized spacial score (nSPS) is 10.8. The zero-order chi connectivity index (χ0) is 15.1. The van der Waals surface area contributed by atoms with E-state index in [4.69, 9.17) is 9.26 Å². The van der Waals surface area contributed by atoms with Gasteiger partial charge in [0, 0.05) is 13.6 Å². The summed E-state index contributed by atoms with van der Waals surface area (Å²) < 4.78 is 10.2. The molecular formula is C14H20IN5O2. The van der Waals surface area contributed by atoms with E-state index in [1.54, 1.807) is 21.1 Å². The summed E-state index contributed by atoms with van der Waals surface area (Å²) in [6, 6.07) is 7.85. The molecule has 0 bridgehead atoms. The Morgan fingerprint density at radius 2 is 1.91 bits per heavy atom. The van der Waals surface area contributed by atoms with E-state index < -0.39 is 0 Å². The summed E-state index contributed by atoms with van der Waals surface area (Å²) in [5.74, 6) is 2.66. The topological polar surface area (TPSA) is 84.6 Å². The van der Waals surface area contributed by atoms with Gasteiger partial charge >= 0.3 is 0 Å². The van der Waals surface area contributed by atoms with Crippen LogP contribution in [0.25, 0.3) is 0 Å². The van der Waals surface area contributed by atoms with Gasteiger partial charge in [0.25, 0.3) is 0 Å². The van der Waals surface area contributed by atoms with Crippen molar-refractivity contribution >= 4 is 29.9 Å². The highest BCUT2D eigenvalue weighted by Gasteiger charge is 2.04. The van der Waals surface area contributed by atoms with Gasteiger partial charge in [-0.05, 0) is 24.6 Å². The van der Waals surface area contributed by atoms with Crippen molar-refractivity contribution in [2.75, 3.05) is 14.2 Å². The van der Waals surface area contributed by atoms with E-state index >= 15 is 0 Å². The molecule has 0 fully saturated rings. The number of hydrogen-bond donors (Lipinski definition) is 2. The molecule has 1 aromatic carbocycles. The molecule has 2 aromatic rings. The standard InChI is InChI=1S/C14H19N5O2.HI/c1-10-18-13(21-19-10)9-17-14(15-2)16-8-11-4-6-12(20-3)7-5-11;/h4-7H,8-9H2,1-3H3,(H2,15,16,17);1H. The first-order chi connectivity index (χ1) is 10.2. The molecule has 7 nitrogen and oxygen atoms in total. The molecule has 1 aromatic heterocycles. The summed E-state index contributed by atoms with van der Waals surface area (Å²) in [6.45, 7) is 2.87. The largest absolute Gasteiger partial charge is 0.497 e. The molecule has 0 unspecified atom stereocenters. The van der Waals surface area contributed by atoms with Crippen LogP contribution in [0.5, 0.6) is 5.75 Å². The van der Waals surface area contributed by atoms with Gasteiger partial charge in [-0.3, -0.25) is 4.99 Å². The van der Waals surface area contributed by atoms with Crippen LogP contribution in [0.4, 0.5) is 0 Å². The molecule has 1 heterocycles. The Bertz CT molecular complexity index is 598. The number of aliphatic imine (C=N–C) groups is 1. The lowest BCUT2D eigenvalue weighted by Gasteiger charge is -2.10. The second-order valence-electron chi connectivity index (χ2n) is 4.36. The summed E-state index contributed by atoms with van der Waals surface area (Å²) >= 11 is 0. The molecule has 0 aliphatic heterocycles. The number of guanidine groups is 1. The highest BCUT2D eigenvalue weighted by Crippen LogP contribution is 2.10. The van der Waals surface area contributed by atoms with Crippen LogP contribution in [0, 0.1) is 6.92 Å². The van der Waals surface area contributed by atoms with Gasteiger partial charge in [0.15, 0.2) is 11.8 Å². The van der Waals surface area contributed by atoms with Crippen molar-refractivity contribution in [1.29, 1.82) is 0 Å². The van der Waals surface area contributed by atoms with Gasteiger partial charge in [-0.1, -0.05) is 17.3 Å². The number of ether oxygens (including phenoxy) is 1. The van der Waals surface area contributed by atoms with E-state index in [1.165, 1.54) is 0 Å². The summed E-state index contributed by atoms with van der Waals surface area (Å²) in [5.41, 5.74) is 1.13. The maximum Gasteiger partial charge on any atom is 0.246 e. The zero-order valence-corrected chi connectivity index (χ0v) is 15.1. The summed E-state index contributed by atoms with van der Waals surface area (Å²) in [5, 5.41) is 10.1. The lowest BCUT2D eigenvalue weighted by molar-refractivity contribution is 0.371. The summed E-state index contributed by atoms with van der Waals surface area (Å²) in [7, 11) is 3.36. The van der Waals surface area contributed by atoms with Crippen LogP contribution in [-0.4, -0.2) is 30.3 Å². The fourth-order valence-corrected chi connectivity index (χ4v) is 1.72. The van der Waals surface area contributed by atoms with Crippen molar-refractivity contribution < 1.29 is 9.26 Å². The first-order valence-electron chi connectivity index (χ1n) is 6.58. The van der Waals surface area contributed by atoms with Gasteiger partial charge in [-0.2, -0.15) is 4.98 Å². The van der Waals surface area contributed by atoms with Crippen LogP contribution in [0.2, 0.25) is 0 Å². The average Bonchev–Trinajstić information content (AvgIpc) is 2.93. The van der Waals surface area contributed by atoms with Crippen LogP contribution < -0.4 is 15.4 Å². The Balaban J connectivity index is 0.00000242. The molecule has 0 aliphatic carbocycles. The van der Waals surface area contributed by atoms with Gasteiger partial charge in [0.2, 0.25) is 5.89 Å². The molecular weight excluding hydrogens is 397 g/mol. The van der Waals surface area contributed by atoms with Crippen LogP contribution in [0.15, 0.2) is 33.8 Å². The minimum atomic E-state index is 0. The molecule has 0 amide bonds. The Kier molecular flexibility index (Phi) is 7.64. The average molecular weight is 417 g/mol. The molecule has 0 saturated carbocycles. The maximum atomic E-state index is 5.13. The second-order valence-corrected chi connectivity index (χ2v) is 4.36. The number of hydrogen-bond acceptors (Lipinski definition) is 5. The van der Waals surface area contributed by atoms with Crippen LogP contribution in [0.3, 0.4) is 0 Å². The van der Waals surface area contributed by atoms with E-state index in [0.717, 1.165) is 11.3 Å². The molecule has 0 radical (unpaired) electrons. The van der Waals surface area contributed by atoms with Gasteiger partial charge in [-0.25, -0.2) is 0 Å². The Morgan fingerprint density at radius 1 is 1.23 bits per heavy atom. The maximum absolute atomic E-state index is 5.13. The molecule has 0 aliphatic rings. The smallest absolute Gasteiger partial charge is 0.246 e. The van der Waals surface area contributed by atoms with Crippen LogP contribution >= 0.6 is 24.0 Å². The SMILES string of the molecule is CN=C(NCc1ccc(OC)cc1)NCc1nc(C)no1.I. The quantitative estimate of drug-likeness (QED) is 0.439. The Hall–Kier alpha value is -1.84. The molecule has 120 valence electrons. The van der Waals surface area contributed by atoms with E-state index in [-0.39, 0.29) is 24.0 Å². The van der Waals surface area contributed by atoms with Crippen molar-refractivity contribution in [2.24, 2.45) is 4.99 Å². The van der Waals surface area contributed by atoms with Crippen molar-refractivity contribution in [1.82, 2.24) is 20.8 Å². The number of halogens is 1. The van der Waals surface area contributed by atoms with Gasteiger partial charge < -0.3 is 19.9 Å². The third kappa shape index (κ3) is 5.51. The van der Waals surface area contributed by atoms with Crippen LogP contribution in [-0.2, 0) is 13.1 Å². The summed E-state index contributed by atoms with van der Waals surface area (Å²) in [6.07, 6.45) is 0. The van der Waals surface area contributed by atoms with Crippen molar-refractivity contribution in [2.45, 2.75) is 20.0 Å². The molecule has 0 spiro atoms. The number of aromatic nitrogens is 2. The van der Waals surface area contributed by atoms with Crippen LogP contribution in [0.1, 0.15) is 17.3 Å². The molecule has 2 rings (SSSR count). The number of aryl methyl sites for hydroxylation is 1. The van der Waals surface area contributed by atoms with Gasteiger partial charge in [0.1, 0.15) is 5.75 Å². The van der Waals surface area contributed by atoms with Gasteiger partial charge in [-0.15, -0.1) is 24.0 Å². The Labute approximate surface area is 146 Å². The van der Waals surface area contributed by atoms with E-state index in [9.17, 15) is 0 Å². The molecule has 0 saturated heterocycles. The predicted octanol–water partition coefficient (Wildman–Crippen LogP) is 1.87. The minimum Gasteiger partial charge on any atom is -0.497 e. The van der Waals surface area contributed by atoms with Gasteiger partial charge in [0.05, 0.1) is 13.7 Å². The molecule has 0 atom stereocenters. The predicted molar refractivity (Wildman–Crippen MR) is 94.5 cm³/mol. The highest BCUT2D eigenvalue weighted by atomic mass is 127. The number of nitrogens with zero attached hydrogens (tertiary/aromatic N) is 3. The van der Waals surface area contributed by atoms with Crippen molar-refractivity contribution in [3.63, 3.8) is 0 Å². The first kappa shape index (κ1) is 18.2. The fourth-order valence-electron chi connectivity index (χ4n) is 1.72. The second kappa shape index (κ2) is 9.23. The number of nitrogens with one attached hydrogen (secondary N) is 2. The molecule has 22 heavy (non-hydrogen) atoms. The van der Waals surface area contributed by atoms with E-state index in [1.807, 2.05) is 24.3 Å².